The molecule has 1 aliphatic rings. The molecule has 1 aliphatic heterocycles. The maximum atomic E-state index is 5.27. The van der Waals surface area contributed by atoms with E-state index in [1.54, 1.807) is 0 Å². The van der Waals surface area contributed by atoms with Gasteiger partial charge in [-0.2, -0.15) is 0 Å². The minimum Gasteiger partial charge on any atom is -0.382 e. The first kappa shape index (κ1) is 11.0. The van der Waals surface area contributed by atoms with E-state index in [1.165, 1.54) is 12.8 Å². The van der Waals surface area contributed by atoms with Gasteiger partial charge >= 0.3 is 0 Å². The topological polar surface area (TPSA) is 30.5 Å². The van der Waals surface area contributed by atoms with Gasteiger partial charge in [0.25, 0.3) is 0 Å². The van der Waals surface area contributed by atoms with Crippen molar-refractivity contribution in [3.63, 3.8) is 0 Å². The Hall–Kier alpha value is -0.120. The molecule has 0 aliphatic carbocycles. The van der Waals surface area contributed by atoms with Crippen LogP contribution in [0.2, 0.25) is 0 Å². The number of nitrogens with one attached hydrogen (secondary N) is 1. The zero-order valence-corrected chi connectivity index (χ0v) is 8.55. The van der Waals surface area contributed by atoms with Crippen LogP contribution in [0.3, 0.4) is 0 Å². The van der Waals surface area contributed by atoms with Crippen LogP contribution in [0.5, 0.6) is 0 Å². The van der Waals surface area contributed by atoms with Gasteiger partial charge in [0.05, 0.1) is 6.61 Å². The van der Waals surface area contributed by atoms with E-state index in [1.807, 2.05) is 6.92 Å². The molecule has 1 heterocycles. The molecule has 0 radical (unpaired) electrons. The van der Waals surface area contributed by atoms with E-state index in [9.17, 15) is 0 Å². The van der Waals surface area contributed by atoms with Gasteiger partial charge in [0.2, 0.25) is 0 Å². The van der Waals surface area contributed by atoms with Gasteiger partial charge in [0, 0.05) is 25.9 Å². The molecule has 1 atom stereocenters. The van der Waals surface area contributed by atoms with E-state index in [-0.39, 0.29) is 0 Å². The second-order valence-electron chi connectivity index (χ2n) is 3.42. The molecule has 3 nitrogen and oxygen atoms in total. The standard InChI is InChI=1S/C10H21NO2/c1-2-12-7-4-3-6-11-10-5-8-13-9-10/h10-11H,2-9H2,1H3. The molecule has 0 aromatic heterocycles. The van der Waals surface area contributed by atoms with E-state index in [0.717, 1.165) is 39.4 Å². The summed E-state index contributed by atoms with van der Waals surface area (Å²) in [4.78, 5) is 0. The largest absolute Gasteiger partial charge is 0.382 e. The van der Waals surface area contributed by atoms with Crippen LogP contribution in [-0.2, 0) is 9.47 Å². The van der Waals surface area contributed by atoms with E-state index >= 15 is 0 Å². The third kappa shape index (κ3) is 5.24. The highest BCUT2D eigenvalue weighted by Gasteiger charge is 2.13. The number of rotatable bonds is 7. The van der Waals surface area contributed by atoms with Gasteiger partial charge < -0.3 is 14.8 Å². The summed E-state index contributed by atoms with van der Waals surface area (Å²) in [6.45, 7) is 6.69. The van der Waals surface area contributed by atoms with Crippen molar-refractivity contribution in [3.05, 3.63) is 0 Å². The number of unbranched alkanes of at least 4 members (excludes halogenated alkanes) is 1. The molecule has 78 valence electrons. The van der Waals surface area contributed by atoms with Gasteiger partial charge in [-0.1, -0.05) is 0 Å². The Morgan fingerprint density at radius 3 is 3.08 bits per heavy atom. The predicted molar refractivity (Wildman–Crippen MR) is 53.0 cm³/mol. The summed E-state index contributed by atoms with van der Waals surface area (Å²) < 4.78 is 10.5. The molecule has 1 N–H and O–H groups in total. The molecule has 1 rings (SSSR count). The van der Waals surface area contributed by atoms with Crippen molar-refractivity contribution in [1.82, 2.24) is 5.32 Å². The lowest BCUT2D eigenvalue weighted by Crippen LogP contribution is -2.30. The van der Waals surface area contributed by atoms with E-state index in [0.29, 0.717) is 6.04 Å². The predicted octanol–water partition coefficient (Wildman–Crippen LogP) is 1.18. The van der Waals surface area contributed by atoms with E-state index in [2.05, 4.69) is 5.32 Å². The van der Waals surface area contributed by atoms with Gasteiger partial charge in [0.15, 0.2) is 0 Å². The SMILES string of the molecule is CCOCCCCNC1CCOC1. The molecule has 3 heteroatoms. The van der Waals surface area contributed by atoms with Crippen LogP contribution >= 0.6 is 0 Å². The molecular formula is C10H21NO2. The fourth-order valence-corrected chi connectivity index (χ4v) is 1.48. The maximum absolute atomic E-state index is 5.27. The van der Waals surface area contributed by atoms with Crippen molar-refractivity contribution >= 4 is 0 Å². The molecule has 0 amide bonds. The third-order valence-electron chi connectivity index (χ3n) is 2.28. The highest BCUT2D eigenvalue weighted by atomic mass is 16.5. The van der Waals surface area contributed by atoms with Crippen molar-refractivity contribution in [2.45, 2.75) is 32.2 Å². The van der Waals surface area contributed by atoms with E-state index < -0.39 is 0 Å². The molecule has 0 spiro atoms. The molecule has 0 aromatic carbocycles. The lowest BCUT2D eigenvalue weighted by atomic mass is 10.2. The second-order valence-corrected chi connectivity index (χ2v) is 3.42. The zero-order chi connectivity index (χ0) is 9.36. The average molecular weight is 187 g/mol. The summed E-state index contributed by atoms with van der Waals surface area (Å²) in [5.74, 6) is 0. The Morgan fingerprint density at radius 2 is 2.38 bits per heavy atom. The van der Waals surface area contributed by atoms with Crippen molar-refractivity contribution in [1.29, 1.82) is 0 Å². The molecule has 0 bridgehead atoms. The number of ether oxygens (including phenoxy) is 2. The Balaban J connectivity index is 1.78. The Morgan fingerprint density at radius 1 is 1.46 bits per heavy atom. The van der Waals surface area contributed by atoms with Gasteiger partial charge in [-0.05, 0) is 32.7 Å². The molecule has 0 aromatic rings. The van der Waals surface area contributed by atoms with E-state index in [4.69, 9.17) is 9.47 Å². The lowest BCUT2D eigenvalue weighted by Gasteiger charge is -2.09. The van der Waals surface area contributed by atoms with Crippen molar-refractivity contribution in [3.8, 4) is 0 Å². The van der Waals surface area contributed by atoms with Crippen LogP contribution < -0.4 is 5.32 Å². The van der Waals surface area contributed by atoms with Crippen LogP contribution in [0, 0.1) is 0 Å². The summed E-state index contributed by atoms with van der Waals surface area (Å²) in [6.07, 6.45) is 3.54. The molecule has 13 heavy (non-hydrogen) atoms. The van der Waals surface area contributed by atoms with Crippen molar-refractivity contribution < 1.29 is 9.47 Å². The van der Waals surface area contributed by atoms with Crippen LogP contribution in [0.4, 0.5) is 0 Å². The van der Waals surface area contributed by atoms with Gasteiger partial charge in [-0.3, -0.25) is 0 Å². The number of hydrogen-bond donors (Lipinski definition) is 1. The fraction of sp³-hybridized carbons (Fsp3) is 1.00. The third-order valence-corrected chi connectivity index (χ3v) is 2.28. The minimum absolute atomic E-state index is 0.604. The molecular weight excluding hydrogens is 166 g/mol. The van der Waals surface area contributed by atoms with Gasteiger partial charge in [0.1, 0.15) is 0 Å². The van der Waals surface area contributed by atoms with Gasteiger partial charge in [-0.15, -0.1) is 0 Å². The highest BCUT2D eigenvalue weighted by Crippen LogP contribution is 2.03. The summed E-state index contributed by atoms with van der Waals surface area (Å²) in [7, 11) is 0. The monoisotopic (exact) mass is 187 g/mol. The molecule has 1 fully saturated rings. The zero-order valence-electron chi connectivity index (χ0n) is 8.55. The van der Waals surface area contributed by atoms with Gasteiger partial charge in [-0.25, -0.2) is 0 Å². The average Bonchev–Trinajstić information content (AvgIpc) is 2.63. The maximum Gasteiger partial charge on any atom is 0.0620 e. The smallest absolute Gasteiger partial charge is 0.0620 e. The molecule has 1 unspecified atom stereocenters. The molecule has 0 saturated carbocycles. The summed E-state index contributed by atoms with van der Waals surface area (Å²) in [5, 5.41) is 3.48. The first-order chi connectivity index (χ1) is 6.43. The highest BCUT2D eigenvalue weighted by molar-refractivity contribution is 4.70. The van der Waals surface area contributed by atoms with Crippen LogP contribution in [0.25, 0.3) is 0 Å². The normalized spacial score (nSPS) is 22.4. The van der Waals surface area contributed by atoms with Crippen molar-refractivity contribution in [2.24, 2.45) is 0 Å². The Kier molecular flexibility index (Phi) is 6.15. The summed E-state index contributed by atoms with van der Waals surface area (Å²) in [5.41, 5.74) is 0. The van der Waals surface area contributed by atoms with Crippen LogP contribution in [0.15, 0.2) is 0 Å². The quantitative estimate of drug-likeness (QED) is 0.607. The fourth-order valence-electron chi connectivity index (χ4n) is 1.48. The summed E-state index contributed by atoms with van der Waals surface area (Å²) in [6, 6.07) is 0.604. The second kappa shape index (κ2) is 7.30. The first-order valence-corrected chi connectivity index (χ1v) is 5.32. The van der Waals surface area contributed by atoms with Crippen LogP contribution in [-0.4, -0.2) is 39.0 Å². The number of hydrogen-bond acceptors (Lipinski definition) is 3. The summed E-state index contributed by atoms with van der Waals surface area (Å²) >= 11 is 0. The first-order valence-electron chi connectivity index (χ1n) is 5.32. The lowest BCUT2D eigenvalue weighted by molar-refractivity contribution is 0.143. The van der Waals surface area contributed by atoms with Crippen LogP contribution in [0.1, 0.15) is 26.2 Å². The van der Waals surface area contributed by atoms with Crippen molar-refractivity contribution in [2.75, 3.05) is 33.0 Å². The Labute approximate surface area is 80.8 Å². The Bertz CT molecular complexity index is 113. The minimum atomic E-state index is 0.604. The molecule has 1 saturated heterocycles.